The third kappa shape index (κ3) is 8.92. The number of alkyl carbamates (subject to hydrolysis) is 2. The number of H-pyrrole nitrogens is 2. The molecule has 4 heterocycles. The van der Waals surface area contributed by atoms with E-state index in [0.717, 1.165) is 71.4 Å². The van der Waals surface area contributed by atoms with Crippen molar-refractivity contribution >= 4 is 34.9 Å². The van der Waals surface area contributed by atoms with E-state index >= 15 is 0 Å². The number of carbonyl (C=O) groups excluding carboxylic acids is 4. The molecule has 0 radical (unpaired) electrons. The van der Waals surface area contributed by atoms with Gasteiger partial charge in [0.25, 0.3) is 5.56 Å². The van der Waals surface area contributed by atoms with E-state index in [4.69, 9.17) is 19.4 Å². The van der Waals surface area contributed by atoms with Gasteiger partial charge in [-0.2, -0.15) is 0 Å². The van der Waals surface area contributed by atoms with Crippen LogP contribution in [0, 0.1) is 17.3 Å². The Morgan fingerprint density at radius 3 is 1.88 bits per heavy atom. The number of amides is 4. The summed E-state index contributed by atoms with van der Waals surface area (Å²) in [4.78, 5) is 85.6. The summed E-state index contributed by atoms with van der Waals surface area (Å²) < 4.78 is 9.59. The van der Waals surface area contributed by atoms with Crippen LogP contribution in [0.1, 0.15) is 114 Å². The number of methoxy groups -OCH3 is 2. The van der Waals surface area contributed by atoms with Crippen LogP contribution in [0.25, 0.3) is 44.4 Å². The second-order valence-electron chi connectivity index (χ2n) is 19.8. The van der Waals surface area contributed by atoms with Crippen molar-refractivity contribution in [2.45, 2.75) is 116 Å². The van der Waals surface area contributed by atoms with Crippen molar-refractivity contribution < 1.29 is 28.7 Å². The Kier molecular flexibility index (Phi) is 12.7. The molecule has 5 aromatic rings. The molecular formula is C52H62N8O7. The summed E-state index contributed by atoms with van der Waals surface area (Å²) in [6, 6.07) is 16.9. The monoisotopic (exact) mass is 910 g/mol. The molecule has 4 N–H and O–H groups in total. The minimum atomic E-state index is -0.775. The van der Waals surface area contributed by atoms with Crippen molar-refractivity contribution in [3.8, 4) is 33.5 Å². The lowest BCUT2D eigenvalue weighted by Crippen LogP contribution is -2.51. The Labute approximate surface area is 390 Å². The maximum atomic E-state index is 14.0. The summed E-state index contributed by atoms with van der Waals surface area (Å²) in [5.74, 6) is 0.493. The van der Waals surface area contributed by atoms with Crippen LogP contribution in [0.4, 0.5) is 9.59 Å². The zero-order chi connectivity index (χ0) is 47.1. The summed E-state index contributed by atoms with van der Waals surface area (Å²) in [5.41, 5.74) is 9.40. The normalized spacial score (nSPS) is 19.6. The molecule has 3 fully saturated rings. The van der Waals surface area contributed by atoms with Gasteiger partial charge < -0.3 is 39.9 Å². The summed E-state index contributed by atoms with van der Waals surface area (Å²) >= 11 is 0. The third-order valence-electron chi connectivity index (χ3n) is 14.8. The molecule has 15 heteroatoms. The van der Waals surface area contributed by atoms with Crippen molar-refractivity contribution in [2.24, 2.45) is 17.3 Å². The van der Waals surface area contributed by atoms with Crippen LogP contribution >= 0.6 is 0 Å². The predicted octanol–water partition coefficient (Wildman–Crippen LogP) is 8.39. The van der Waals surface area contributed by atoms with Gasteiger partial charge in [-0.15, -0.1) is 0 Å². The van der Waals surface area contributed by atoms with Crippen molar-refractivity contribution in [3.63, 3.8) is 0 Å². The Morgan fingerprint density at radius 2 is 1.28 bits per heavy atom. The molecule has 4 aliphatic rings. The highest BCUT2D eigenvalue weighted by molar-refractivity contribution is 5.89. The van der Waals surface area contributed by atoms with Gasteiger partial charge in [-0.1, -0.05) is 76.9 Å². The Balaban J connectivity index is 0.989. The molecule has 4 atom stereocenters. The number of benzene rings is 3. The van der Waals surface area contributed by atoms with Crippen molar-refractivity contribution in [1.82, 2.24) is 40.4 Å². The van der Waals surface area contributed by atoms with Gasteiger partial charge in [0, 0.05) is 13.1 Å². The fraction of sp³-hybridized carbons (Fsp3) is 0.481. The molecule has 0 bridgehead atoms. The van der Waals surface area contributed by atoms with Gasteiger partial charge in [-0.25, -0.2) is 19.6 Å². The minimum Gasteiger partial charge on any atom is -0.453 e. The third-order valence-corrected chi connectivity index (χ3v) is 14.8. The molecule has 4 unspecified atom stereocenters. The van der Waals surface area contributed by atoms with Gasteiger partial charge in [-0.05, 0) is 126 Å². The van der Waals surface area contributed by atoms with Crippen LogP contribution in [0.5, 0.6) is 0 Å². The number of aromatic nitrogens is 4. The van der Waals surface area contributed by atoms with E-state index in [1.54, 1.807) is 4.90 Å². The molecule has 2 aromatic heterocycles. The van der Waals surface area contributed by atoms with Crippen LogP contribution in [-0.2, 0) is 31.9 Å². The number of carbonyl (C=O) groups is 4. The van der Waals surface area contributed by atoms with Crippen LogP contribution < -0.4 is 16.2 Å². The molecule has 1 saturated carbocycles. The lowest BCUT2D eigenvalue weighted by molar-refractivity contribution is -0.136. The number of imidazole rings is 1. The van der Waals surface area contributed by atoms with E-state index in [-0.39, 0.29) is 40.7 Å². The molecule has 67 heavy (non-hydrogen) atoms. The number of nitrogens with zero attached hydrogens (tertiary/aromatic N) is 4. The maximum Gasteiger partial charge on any atom is 0.407 e. The van der Waals surface area contributed by atoms with Crippen LogP contribution in [0.15, 0.2) is 65.6 Å². The number of fused-ring (bicyclic) bond motifs is 2. The van der Waals surface area contributed by atoms with Gasteiger partial charge in [0.2, 0.25) is 11.8 Å². The Hall–Kier alpha value is -6.51. The van der Waals surface area contributed by atoms with Gasteiger partial charge in [0.05, 0.1) is 49.1 Å². The molecule has 9 rings (SSSR count). The number of aromatic amines is 2. The molecule has 1 spiro atoms. The molecule has 2 saturated heterocycles. The second-order valence-corrected chi connectivity index (χ2v) is 19.8. The van der Waals surface area contributed by atoms with Gasteiger partial charge >= 0.3 is 12.2 Å². The number of likely N-dealkylation sites (tertiary alicyclic amines) is 2. The second kappa shape index (κ2) is 18.6. The van der Waals surface area contributed by atoms with E-state index in [9.17, 15) is 24.0 Å². The molecule has 2 aliphatic carbocycles. The maximum absolute atomic E-state index is 14.0. The highest BCUT2D eigenvalue weighted by atomic mass is 16.5. The average Bonchev–Trinajstić information content (AvgIpc) is 4.20. The SMILES string of the molecule is COC(=O)NC(C(=O)N1CCCC1c1ncc(-c2ccc(-c3cc4c(c(-c5ccc6nc(C7CCCN7C(=O)C(NC(=O)OC)C(C)C)[nH]c(=O)c6c5)c3)CC3(CCCC3)C4)cc2)[nH]1)C(C)C. The summed E-state index contributed by atoms with van der Waals surface area (Å²) in [6.45, 7) is 8.64. The highest BCUT2D eigenvalue weighted by Gasteiger charge is 2.42. The number of hydrogen-bond donors (Lipinski definition) is 4. The standard InChI is InChI=1S/C52H62N8O7/c1-29(2)43(56-50(64)66-5)48(62)59-21-9-11-41(59)45-53-28-40(55-45)32-15-13-31(14-16-32)34-23-35-26-52(19-7-8-20-52)27-38(35)36(25-34)33-17-18-39-37(24-33)47(61)58-46(54-39)42-12-10-22-60(42)49(63)44(30(3)4)57-51(65)67-6/h13-18,23-25,28-30,41-44H,7-12,19-22,26-27H2,1-6H3,(H,53,55)(H,56,64)(H,57,65)(H,54,58,61). The fourth-order valence-electron chi connectivity index (χ4n) is 11.2. The largest absolute Gasteiger partial charge is 0.453 e. The minimum absolute atomic E-state index is 0.120. The lowest BCUT2D eigenvalue weighted by Gasteiger charge is -2.30. The van der Waals surface area contributed by atoms with E-state index in [1.807, 2.05) is 50.9 Å². The zero-order valence-corrected chi connectivity index (χ0v) is 39.4. The van der Waals surface area contributed by atoms with Crippen molar-refractivity contribution in [3.05, 3.63) is 93.9 Å². The molecular weight excluding hydrogens is 849 g/mol. The van der Waals surface area contributed by atoms with Gasteiger partial charge in [0.1, 0.15) is 23.7 Å². The van der Waals surface area contributed by atoms with Gasteiger partial charge in [-0.3, -0.25) is 14.4 Å². The first kappa shape index (κ1) is 45.6. The number of ether oxygens (including phenoxy) is 2. The first-order valence-electron chi connectivity index (χ1n) is 23.9. The first-order chi connectivity index (χ1) is 32.3. The van der Waals surface area contributed by atoms with Crippen molar-refractivity contribution in [1.29, 1.82) is 0 Å². The fourth-order valence-corrected chi connectivity index (χ4v) is 11.2. The number of nitrogens with one attached hydrogen (secondary N) is 4. The highest BCUT2D eigenvalue weighted by Crippen LogP contribution is 2.52. The molecule has 352 valence electrons. The molecule has 3 aromatic carbocycles. The van der Waals surface area contributed by atoms with E-state index in [0.29, 0.717) is 36.2 Å². The van der Waals surface area contributed by atoms with E-state index < -0.39 is 30.3 Å². The lowest BCUT2D eigenvalue weighted by atomic mass is 9.83. The Morgan fingerprint density at radius 1 is 0.701 bits per heavy atom. The topological polar surface area (TPSA) is 192 Å². The van der Waals surface area contributed by atoms with Crippen LogP contribution in [0.3, 0.4) is 0 Å². The van der Waals surface area contributed by atoms with Crippen LogP contribution in [0.2, 0.25) is 0 Å². The van der Waals surface area contributed by atoms with E-state index in [1.165, 1.54) is 51.0 Å². The smallest absolute Gasteiger partial charge is 0.407 e. The van der Waals surface area contributed by atoms with Crippen molar-refractivity contribution in [2.75, 3.05) is 27.3 Å². The Bertz CT molecular complexity index is 2750. The number of hydrogen-bond acceptors (Lipinski definition) is 9. The zero-order valence-electron chi connectivity index (χ0n) is 39.4. The predicted molar refractivity (Wildman–Crippen MR) is 255 cm³/mol. The van der Waals surface area contributed by atoms with E-state index in [2.05, 4.69) is 63.1 Å². The summed E-state index contributed by atoms with van der Waals surface area (Å²) in [6.07, 6.45) is 10.5. The quantitative estimate of drug-likeness (QED) is 0.101. The molecule has 15 nitrogen and oxygen atoms in total. The average molecular weight is 911 g/mol. The summed E-state index contributed by atoms with van der Waals surface area (Å²) in [5, 5.41) is 5.89. The first-order valence-corrected chi connectivity index (χ1v) is 23.9. The molecule has 4 amide bonds. The number of rotatable bonds is 11. The van der Waals surface area contributed by atoms with Crippen LogP contribution in [-0.4, -0.2) is 93.1 Å². The van der Waals surface area contributed by atoms with Gasteiger partial charge in [0.15, 0.2) is 0 Å². The molecule has 2 aliphatic heterocycles. The summed E-state index contributed by atoms with van der Waals surface area (Å²) in [7, 11) is 2.57.